The minimum atomic E-state index is 0.417. The van der Waals surface area contributed by atoms with Crippen LogP contribution in [0.5, 0.6) is 0 Å². The van der Waals surface area contributed by atoms with E-state index in [1.165, 1.54) is 12.8 Å². The second-order valence-corrected chi connectivity index (χ2v) is 6.83. The molecule has 0 spiro atoms. The molecular weight excluding hydrogens is 282 g/mol. The van der Waals surface area contributed by atoms with Gasteiger partial charge >= 0.3 is 0 Å². The summed E-state index contributed by atoms with van der Waals surface area (Å²) < 4.78 is 5.57. The van der Waals surface area contributed by atoms with Gasteiger partial charge in [-0.1, -0.05) is 41.7 Å². The van der Waals surface area contributed by atoms with Gasteiger partial charge in [-0.25, -0.2) is 0 Å². The summed E-state index contributed by atoms with van der Waals surface area (Å²) in [6, 6.07) is 11.5. The normalized spacial score (nSPS) is 28.0. The maximum atomic E-state index is 5.57. The summed E-state index contributed by atoms with van der Waals surface area (Å²) in [5, 5.41) is 10.9. The van der Waals surface area contributed by atoms with Crippen LogP contribution in [-0.2, 0) is 4.74 Å². The first kappa shape index (κ1) is 13.2. The van der Waals surface area contributed by atoms with Crippen LogP contribution in [-0.4, -0.2) is 35.5 Å². The highest BCUT2D eigenvalue weighted by atomic mass is 32.1. The average Bonchev–Trinajstić information content (AvgIpc) is 3.10. The monoisotopic (exact) mass is 301 g/mol. The first-order valence-electron chi connectivity index (χ1n) is 7.55. The lowest BCUT2D eigenvalue weighted by atomic mass is 10.0. The lowest BCUT2D eigenvalue weighted by molar-refractivity contribution is 0.0683. The van der Waals surface area contributed by atoms with Gasteiger partial charge in [0, 0.05) is 24.8 Å². The minimum Gasteiger partial charge on any atom is -0.381 e. The summed E-state index contributed by atoms with van der Waals surface area (Å²) >= 11 is 1.71. The molecule has 0 N–H and O–H groups in total. The second-order valence-electron chi connectivity index (χ2n) is 5.88. The number of hydrogen-bond donors (Lipinski definition) is 0. The molecule has 5 heteroatoms. The van der Waals surface area contributed by atoms with Gasteiger partial charge in [0.15, 0.2) is 0 Å². The number of aromatic nitrogens is 2. The third-order valence-electron chi connectivity index (χ3n) is 4.68. The van der Waals surface area contributed by atoms with Gasteiger partial charge in [0.1, 0.15) is 5.01 Å². The molecule has 1 aromatic heterocycles. The average molecular weight is 301 g/mol. The third kappa shape index (κ3) is 2.34. The lowest BCUT2D eigenvalue weighted by Gasteiger charge is -2.37. The van der Waals surface area contributed by atoms with Gasteiger partial charge in [-0.3, -0.25) is 0 Å². The highest BCUT2D eigenvalue weighted by Crippen LogP contribution is 2.42. The molecule has 2 aromatic rings. The van der Waals surface area contributed by atoms with E-state index in [0.717, 1.165) is 28.5 Å². The van der Waals surface area contributed by atoms with Crippen molar-refractivity contribution in [3.8, 4) is 10.6 Å². The fourth-order valence-corrected chi connectivity index (χ4v) is 4.64. The first-order valence-corrected chi connectivity index (χ1v) is 8.37. The minimum absolute atomic E-state index is 0.417. The number of benzene rings is 1. The number of hydrogen-bond acceptors (Lipinski definition) is 5. The van der Waals surface area contributed by atoms with Crippen LogP contribution in [0.2, 0.25) is 0 Å². The molecule has 1 aromatic carbocycles. The molecule has 0 aliphatic carbocycles. The second kappa shape index (κ2) is 5.39. The van der Waals surface area contributed by atoms with Gasteiger partial charge in [0.05, 0.1) is 6.10 Å². The number of nitrogens with zero attached hydrogens (tertiary/aromatic N) is 3. The number of rotatable bonds is 3. The van der Waals surface area contributed by atoms with E-state index in [-0.39, 0.29) is 0 Å². The smallest absolute Gasteiger partial charge is 0.209 e. The van der Waals surface area contributed by atoms with E-state index in [1.807, 2.05) is 25.3 Å². The molecule has 2 saturated heterocycles. The Balaban J connectivity index is 1.59. The van der Waals surface area contributed by atoms with Gasteiger partial charge in [0.25, 0.3) is 0 Å². The summed E-state index contributed by atoms with van der Waals surface area (Å²) in [5.74, 6) is 0. The van der Waals surface area contributed by atoms with E-state index in [1.54, 1.807) is 11.3 Å². The van der Waals surface area contributed by atoms with Crippen molar-refractivity contribution < 1.29 is 4.74 Å². The van der Waals surface area contributed by atoms with E-state index in [9.17, 15) is 0 Å². The summed E-state index contributed by atoms with van der Waals surface area (Å²) in [7, 11) is 1.83. The van der Waals surface area contributed by atoms with Crippen molar-refractivity contribution in [2.45, 2.75) is 43.9 Å². The van der Waals surface area contributed by atoms with Gasteiger partial charge < -0.3 is 9.64 Å². The Hall–Kier alpha value is -1.46. The number of methoxy groups -OCH3 is 1. The van der Waals surface area contributed by atoms with Crippen LogP contribution < -0.4 is 4.90 Å². The summed E-state index contributed by atoms with van der Waals surface area (Å²) in [6.45, 7) is 0. The van der Waals surface area contributed by atoms with Gasteiger partial charge in [-0.2, -0.15) is 0 Å². The van der Waals surface area contributed by atoms with Crippen LogP contribution in [0.25, 0.3) is 10.6 Å². The van der Waals surface area contributed by atoms with Gasteiger partial charge in [-0.05, 0) is 25.7 Å². The quantitative estimate of drug-likeness (QED) is 0.871. The Kier molecular flexibility index (Phi) is 3.39. The number of anilines is 1. The van der Waals surface area contributed by atoms with E-state index < -0.39 is 0 Å². The maximum absolute atomic E-state index is 5.57. The Morgan fingerprint density at radius 2 is 1.81 bits per heavy atom. The Morgan fingerprint density at radius 1 is 1.10 bits per heavy atom. The van der Waals surface area contributed by atoms with E-state index in [4.69, 9.17) is 4.74 Å². The molecule has 2 aliphatic heterocycles. The number of piperidine rings is 1. The molecule has 2 bridgehead atoms. The molecule has 21 heavy (non-hydrogen) atoms. The Morgan fingerprint density at radius 3 is 2.48 bits per heavy atom. The van der Waals surface area contributed by atoms with Crippen molar-refractivity contribution in [3.05, 3.63) is 30.3 Å². The van der Waals surface area contributed by atoms with E-state index >= 15 is 0 Å². The number of fused-ring (bicyclic) bond motifs is 2. The lowest BCUT2D eigenvalue weighted by Crippen LogP contribution is -2.45. The SMILES string of the molecule is COC1C[C@H]2CC[C@@H](C1)N2c1nnc(-c2ccccc2)s1. The molecule has 0 saturated carbocycles. The topological polar surface area (TPSA) is 38.2 Å². The molecular formula is C16H19N3OS. The highest BCUT2D eigenvalue weighted by molar-refractivity contribution is 7.18. The molecule has 3 atom stereocenters. The van der Waals surface area contributed by atoms with Gasteiger partial charge in [0.2, 0.25) is 5.13 Å². The Bertz CT molecular complexity index is 601. The zero-order valence-electron chi connectivity index (χ0n) is 12.1. The summed E-state index contributed by atoms with van der Waals surface area (Å²) in [6.07, 6.45) is 5.16. The molecule has 0 amide bonds. The maximum Gasteiger partial charge on any atom is 0.209 e. The molecule has 3 heterocycles. The van der Waals surface area contributed by atoms with Crippen molar-refractivity contribution in [2.24, 2.45) is 0 Å². The van der Waals surface area contributed by atoms with Crippen LogP contribution in [0.4, 0.5) is 5.13 Å². The van der Waals surface area contributed by atoms with Crippen LogP contribution in [0.1, 0.15) is 25.7 Å². The zero-order valence-corrected chi connectivity index (χ0v) is 12.9. The standard InChI is InChI=1S/C16H19N3OS/c1-20-14-9-12-7-8-13(10-14)19(12)16-18-17-15(21-16)11-5-3-2-4-6-11/h2-6,12-14H,7-10H2,1H3/t12-,13+,14?. The van der Waals surface area contributed by atoms with Crippen molar-refractivity contribution in [3.63, 3.8) is 0 Å². The fraction of sp³-hybridized carbons (Fsp3) is 0.500. The fourth-order valence-electron chi connectivity index (χ4n) is 3.65. The van der Waals surface area contributed by atoms with Crippen LogP contribution in [0.15, 0.2) is 30.3 Å². The molecule has 0 radical (unpaired) electrons. The van der Waals surface area contributed by atoms with Crippen molar-refractivity contribution in [1.82, 2.24) is 10.2 Å². The largest absolute Gasteiger partial charge is 0.381 e. The molecule has 110 valence electrons. The zero-order chi connectivity index (χ0) is 14.2. The van der Waals surface area contributed by atoms with Crippen molar-refractivity contribution in [2.75, 3.05) is 12.0 Å². The van der Waals surface area contributed by atoms with E-state index in [2.05, 4.69) is 27.2 Å². The van der Waals surface area contributed by atoms with Crippen LogP contribution >= 0.6 is 11.3 Å². The van der Waals surface area contributed by atoms with Crippen LogP contribution in [0.3, 0.4) is 0 Å². The number of ether oxygens (including phenoxy) is 1. The van der Waals surface area contributed by atoms with Crippen molar-refractivity contribution in [1.29, 1.82) is 0 Å². The predicted molar refractivity (Wildman–Crippen MR) is 84.7 cm³/mol. The first-order chi connectivity index (χ1) is 10.3. The highest BCUT2D eigenvalue weighted by Gasteiger charge is 2.42. The third-order valence-corrected chi connectivity index (χ3v) is 5.66. The van der Waals surface area contributed by atoms with Crippen LogP contribution in [0, 0.1) is 0 Å². The molecule has 2 fully saturated rings. The predicted octanol–water partition coefficient (Wildman–Crippen LogP) is 3.35. The Labute approximate surface area is 128 Å². The molecule has 4 rings (SSSR count). The van der Waals surface area contributed by atoms with Crippen molar-refractivity contribution >= 4 is 16.5 Å². The molecule has 1 unspecified atom stereocenters. The molecule has 2 aliphatic rings. The van der Waals surface area contributed by atoms with E-state index in [0.29, 0.717) is 18.2 Å². The molecule has 4 nitrogen and oxygen atoms in total. The van der Waals surface area contributed by atoms with Gasteiger partial charge in [-0.15, -0.1) is 10.2 Å². The summed E-state index contributed by atoms with van der Waals surface area (Å²) in [4.78, 5) is 2.50. The summed E-state index contributed by atoms with van der Waals surface area (Å²) in [5.41, 5.74) is 1.15.